The van der Waals surface area contributed by atoms with Gasteiger partial charge in [0, 0.05) is 6.61 Å². The van der Waals surface area contributed by atoms with E-state index in [1.807, 2.05) is 0 Å². The molecular weight excluding hydrogens is 192 g/mol. The van der Waals surface area contributed by atoms with Crippen LogP contribution in [0.3, 0.4) is 0 Å². The molecule has 0 aliphatic heterocycles. The maximum absolute atomic E-state index is 10.9. The fourth-order valence-corrected chi connectivity index (χ4v) is 1.34. The summed E-state index contributed by atoms with van der Waals surface area (Å²) >= 11 is 0. The summed E-state index contributed by atoms with van der Waals surface area (Å²) in [5.74, 6) is -0.261. The van der Waals surface area contributed by atoms with Gasteiger partial charge >= 0.3 is 5.97 Å². The van der Waals surface area contributed by atoms with Crippen LogP contribution in [0.15, 0.2) is 0 Å². The number of esters is 1. The Kier molecular flexibility index (Phi) is 11.1. The van der Waals surface area contributed by atoms with Gasteiger partial charge in [0.1, 0.15) is 6.61 Å². The number of ether oxygens (including phenoxy) is 2. The molecule has 0 unspecified atom stereocenters. The number of hydrogen-bond acceptors (Lipinski definition) is 3. The van der Waals surface area contributed by atoms with Crippen molar-refractivity contribution in [3.8, 4) is 0 Å². The van der Waals surface area contributed by atoms with Crippen molar-refractivity contribution in [1.82, 2.24) is 0 Å². The van der Waals surface area contributed by atoms with Gasteiger partial charge in [-0.1, -0.05) is 39.0 Å². The summed E-state index contributed by atoms with van der Waals surface area (Å²) in [6.07, 6.45) is 7.43. The summed E-state index contributed by atoms with van der Waals surface area (Å²) in [5.41, 5.74) is 0. The zero-order valence-corrected chi connectivity index (χ0v) is 10.1. The van der Waals surface area contributed by atoms with Crippen LogP contribution in [-0.2, 0) is 14.3 Å². The lowest BCUT2D eigenvalue weighted by Crippen LogP contribution is -2.12. The maximum Gasteiger partial charge on any atom is 0.332 e. The minimum atomic E-state index is -0.261. The fourth-order valence-electron chi connectivity index (χ4n) is 1.34. The molecule has 0 aliphatic carbocycles. The highest BCUT2D eigenvalue weighted by Crippen LogP contribution is 2.04. The predicted octanol–water partition coefficient (Wildman–Crippen LogP) is 2.93. The number of carbonyl (C=O) groups excluding carboxylic acids is 1. The van der Waals surface area contributed by atoms with E-state index in [9.17, 15) is 4.79 Å². The molecule has 0 aromatic carbocycles. The van der Waals surface area contributed by atoms with E-state index in [1.165, 1.54) is 32.1 Å². The molecule has 15 heavy (non-hydrogen) atoms. The SMILES string of the molecule is CCCCCCCCOCC(=O)OCC. The van der Waals surface area contributed by atoms with E-state index in [2.05, 4.69) is 6.92 Å². The minimum Gasteiger partial charge on any atom is -0.464 e. The lowest BCUT2D eigenvalue weighted by Gasteiger charge is -2.03. The average molecular weight is 216 g/mol. The van der Waals surface area contributed by atoms with Gasteiger partial charge in [0.05, 0.1) is 6.61 Å². The molecule has 0 aromatic rings. The number of rotatable bonds is 10. The van der Waals surface area contributed by atoms with Gasteiger partial charge in [-0.3, -0.25) is 0 Å². The Morgan fingerprint density at radius 2 is 1.67 bits per heavy atom. The van der Waals surface area contributed by atoms with Gasteiger partial charge < -0.3 is 9.47 Å². The first-order valence-corrected chi connectivity index (χ1v) is 6.04. The highest BCUT2D eigenvalue weighted by Gasteiger charge is 2.00. The summed E-state index contributed by atoms with van der Waals surface area (Å²) in [6.45, 7) is 5.21. The quantitative estimate of drug-likeness (QED) is 0.416. The zero-order valence-electron chi connectivity index (χ0n) is 10.1. The predicted molar refractivity (Wildman–Crippen MR) is 60.8 cm³/mol. The maximum atomic E-state index is 10.9. The lowest BCUT2D eigenvalue weighted by molar-refractivity contribution is -0.148. The van der Waals surface area contributed by atoms with Crippen LogP contribution in [0.2, 0.25) is 0 Å². The fraction of sp³-hybridized carbons (Fsp3) is 0.917. The summed E-state index contributed by atoms with van der Waals surface area (Å²) < 4.78 is 9.92. The normalized spacial score (nSPS) is 10.3. The molecular formula is C12H24O3. The first-order valence-electron chi connectivity index (χ1n) is 6.04. The molecule has 0 heterocycles. The summed E-state index contributed by atoms with van der Waals surface area (Å²) in [7, 11) is 0. The van der Waals surface area contributed by atoms with Crippen molar-refractivity contribution < 1.29 is 14.3 Å². The van der Waals surface area contributed by atoms with Gasteiger partial charge in [-0.2, -0.15) is 0 Å². The monoisotopic (exact) mass is 216 g/mol. The number of hydrogen-bond donors (Lipinski definition) is 0. The van der Waals surface area contributed by atoms with Crippen molar-refractivity contribution in [1.29, 1.82) is 0 Å². The summed E-state index contributed by atoms with van der Waals surface area (Å²) in [6, 6.07) is 0. The van der Waals surface area contributed by atoms with Crippen molar-refractivity contribution in [3.63, 3.8) is 0 Å². The Morgan fingerprint density at radius 1 is 1.00 bits per heavy atom. The molecule has 0 rings (SSSR count). The molecule has 3 nitrogen and oxygen atoms in total. The Labute approximate surface area is 93.1 Å². The van der Waals surface area contributed by atoms with E-state index in [-0.39, 0.29) is 12.6 Å². The highest BCUT2D eigenvalue weighted by molar-refractivity contribution is 5.70. The van der Waals surface area contributed by atoms with E-state index >= 15 is 0 Å². The largest absolute Gasteiger partial charge is 0.464 e. The molecule has 0 aromatic heterocycles. The van der Waals surface area contributed by atoms with Gasteiger partial charge in [-0.25, -0.2) is 4.79 Å². The zero-order chi connectivity index (χ0) is 11.4. The lowest BCUT2D eigenvalue weighted by atomic mass is 10.1. The van der Waals surface area contributed by atoms with E-state index in [4.69, 9.17) is 9.47 Å². The molecule has 0 saturated heterocycles. The van der Waals surface area contributed by atoms with Crippen LogP contribution in [0.1, 0.15) is 52.4 Å². The summed E-state index contributed by atoms with van der Waals surface area (Å²) in [5, 5.41) is 0. The second kappa shape index (κ2) is 11.5. The Balaban J connectivity index is 3.01. The molecule has 0 saturated carbocycles. The second-order valence-electron chi connectivity index (χ2n) is 3.63. The van der Waals surface area contributed by atoms with Crippen LogP contribution in [0, 0.1) is 0 Å². The third kappa shape index (κ3) is 11.4. The second-order valence-corrected chi connectivity index (χ2v) is 3.63. The number of unbranched alkanes of at least 4 members (excludes halogenated alkanes) is 5. The smallest absolute Gasteiger partial charge is 0.332 e. The molecule has 0 aliphatic rings. The van der Waals surface area contributed by atoms with Crippen molar-refractivity contribution in [2.75, 3.05) is 19.8 Å². The van der Waals surface area contributed by atoms with E-state index in [0.29, 0.717) is 13.2 Å². The van der Waals surface area contributed by atoms with Crippen LogP contribution < -0.4 is 0 Å². The van der Waals surface area contributed by atoms with Crippen molar-refractivity contribution in [3.05, 3.63) is 0 Å². The molecule has 3 heteroatoms. The standard InChI is InChI=1S/C12H24O3/c1-3-5-6-7-8-9-10-14-11-12(13)15-4-2/h3-11H2,1-2H3. The third-order valence-corrected chi connectivity index (χ3v) is 2.17. The van der Waals surface area contributed by atoms with Crippen LogP contribution >= 0.6 is 0 Å². The van der Waals surface area contributed by atoms with Gasteiger partial charge in [0.15, 0.2) is 0 Å². The molecule has 90 valence electrons. The molecule has 0 atom stereocenters. The molecule has 0 radical (unpaired) electrons. The van der Waals surface area contributed by atoms with E-state index in [0.717, 1.165) is 6.42 Å². The Bertz CT molecular complexity index is 146. The summed E-state index contributed by atoms with van der Waals surface area (Å²) in [4.78, 5) is 10.9. The Hall–Kier alpha value is -0.570. The van der Waals surface area contributed by atoms with Gasteiger partial charge in [0.2, 0.25) is 0 Å². The van der Waals surface area contributed by atoms with Crippen molar-refractivity contribution in [2.24, 2.45) is 0 Å². The third-order valence-electron chi connectivity index (χ3n) is 2.17. The molecule has 0 bridgehead atoms. The van der Waals surface area contributed by atoms with Crippen LogP contribution in [0.5, 0.6) is 0 Å². The minimum absolute atomic E-state index is 0.100. The van der Waals surface area contributed by atoms with E-state index in [1.54, 1.807) is 6.92 Å². The number of carbonyl (C=O) groups is 1. The van der Waals surface area contributed by atoms with Gasteiger partial charge in [0.25, 0.3) is 0 Å². The molecule has 0 spiro atoms. The van der Waals surface area contributed by atoms with Gasteiger partial charge in [-0.05, 0) is 13.3 Å². The van der Waals surface area contributed by atoms with Gasteiger partial charge in [-0.15, -0.1) is 0 Å². The molecule has 0 fully saturated rings. The highest BCUT2D eigenvalue weighted by atomic mass is 16.6. The van der Waals surface area contributed by atoms with Crippen LogP contribution in [0.25, 0.3) is 0 Å². The first kappa shape index (κ1) is 14.4. The van der Waals surface area contributed by atoms with Crippen molar-refractivity contribution >= 4 is 5.97 Å². The Morgan fingerprint density at radius 3 is 2.33 bits per heavy atom. The molecule has 0 N–H and O–H groups in total. The first-order chi connectivity index (χ1) is 7.31. The average Bonchev–Trinajstić information content (AvgIpc) is 2.22. The molecule has 0 amide bonds. The van der Waals surface area contributed by atoms with E-state index < -0.39 is 0 Å². The van der Waals surface area contributed by atoms with Crippen LogP contribution in [0.4, 0.5) is 0 Å². The van der Waals surface area contributed by atoms with Crippen LogP contribution in [-0.4, -0.2) is 25.8 Å². The topological polar surface area (TPSA) is 35.5 Å². The van der Waals surface area contributed by atoms with Crippen molar-refractivity contribution in [2.45, 2.75) is 52.4 Å².